The van der Waals surface area contributed by atoms with Crippen LogP contribution in [0.25, 0.3) is 0 Å². The molecular weight excluding hydrogens is 288 g/mol. The third kappa shape index (κ3) is 3.48. The Bertz CT molecular complexity index is 652. The highest BCUT2D eigenvalue weighted by molar-refractivity contribution is 7.99. The normalized spacial score (nSPS) is 13.9. The van der Waals surface area contributed by atoms with Gasteiger partial charge in [-0.3, -0.25) is 4.57 Å². The number of methoxy groups -OCH3 is 1. The van der Waals surface area contributed by atoms with Gasteiger partial charge in [0, 0.05) is 13.1 Å². The van der Waals surface area contributed by atoms with Crippen molar-refractivity contribution in [3.63, 3.8) is 0 Å². The summed E-state index contributed by atoms with van der Waals surface area (Å²) in [6.07, 6.45) is 0.827. The maximum absolute atomic E-state index is 11.5. The van der Waals surface area contributed by atoms with Gasteiger partial charge in [0.25, 0.3) is 0 Å². The van der Waals surface area contributed by atoms with E-state index in [1.807, 2.05) is 31.2 Å². The minimum Gasteiger partial charge on any atom is -0.497 e. The number of ether oxygens (including phenoxy) is 1. The summed E-state index contributed by atoms with van der Waals surface area (Å²) in [5.74, 6) is 0.789. The summed E-state index contributed by atoms with van der Waals surface area (Å²) in [5, 5.41) is 7.11. The molecule has 114 valence electrons. The first-order valence-corrected chi connectivity index (χ1v) is 7.62. The second-order valence-corrected chi connectivity index (χ2v) is 5.87. The van der Waals surface area contributed by atoms with Crippen LogP contribution in [0, 0.1) is 0 Å². The van der Waals surface area contributed by atoms with Crippen LogP contribution < -0.4 is 16.2 Å². The molecule has 0 saturated carbocycles. The molecule has 2 rings (SSSR count). The Morgan fingerprint density at radius 2 is 2.29 bits per heavy atom. The molecule has 6 nitrogen and oxygen atoms in total. The summed E-state index contributed by atoms with van der Waals surface area (Å²) in [4.78, 5) is 11.5. The van der Waals surface area contributed by atoms with Crippen LogP contribution in [0.15, 0.2) is 34.2 Å². The zero-order valence-corrected chi connectivity index (χ0v) is 13.2. The molecule has 21 heavy (non-hydrogen) atoms. The summed E-state index contributed by atoms with van der Waals surface area (Å²) in [6, 6.07) is 7.77. The molecule has 0 aliphatic heterocycles. The summed E-state index contributed by atoms with van der Waals surface area (Å²) in [5.41, 5.74) is 7.09. The molecule has 0 spiro atoms. The number of nitrogens with two attached hydrogens (primary N) is 1. The van der Waals surface area contributed by atoms with Crippen molar-refractivity contribution >= 4 is 11.8 Å². The molecule has 2 aromatic rings. The van der Waals surface area contributed by atoms with Crippen molar-refractivity contribution in [2.24, 2.45) is 12.8 Å². The Balaban J connectivity index is 2.34. The van der Waals surface area contributed by atoms with Crippen molar-refractivity contribution in [1.29, 1.82) is 0 Å². The van der Waals surface area contributed by atoms with Gasteiger partial charge < -0.3 is 10.5 Å². The SMILES string of the molecule is CCC(N)C(Sc1n[nH]c(=O)n1C)c1cccc(OC)c1. The number of rotatable bonds is 6. The van der Waals surface area contributed by atoms with Gasteiger partial charge in [0.1, 0.15) is 5.75 Å². The van der Waals surface area contributed by atoms with E-state index in [1.165, 1.54) is 16.3 Å². The fraction of sp³-hybridized carbons (Fsp3) is 0.429. The Morgan fingerprint density at radius 1 is 1.52 bits per heavy atom. The van der Waals surface area contributed by atoms with E-state index in [0.717, 1.165) is 17.7 Å². The number of nitrogens with one attached hydrogen (secondary N) is 1. The lowest BCUT2D eigenvalue weighted by molar-refractivity contribution is 0.414. The third-order valence-corrected chi connectivity index (χ3v) is 4.81. The first-order chi connectivity index (χ1) is 10.1. The monoisotopic (exact) mass is 308 g/mol. The topological polar surface area (TPSA) is 85.9 Å². The van der Waals surface area contributed by atoms with Crippen molar-refractivity contribution < 1.29 is 4.74 Å². The van der Waals surface area contributed by atoms with E-state index in [2.05, 4.69) is 10.2 Å². The molecule has 0 bridgehead atoms. The van der Waals surface area contributed by atoms with Crippen LogP contribution in [0.2, 0.25) is 0 Å². The van der Waals surface area contributed by atoms with E-state index in [-0.39, 0.29) is 17.0 Å². The summed E-state index contributed by atoms with van der Waals surface area (Å²) >= 11 is 1.48. The number of hydrogen-bond donors (Lipinski definition) is 2. The van der Waals surface area contributed by atoms with Gasteiger partial charge in [-0.2, -0.15) is 0 Å². The number of H-pyrrole nitrogens is 1. The number of aromatic amines is 1. The molecule has 2 atom stereocenters. The van der Waals surface area contributed by atoms with E-state index >= 15 is 0 Å². The Kier molecular flexibility index (Phi) is 5.08. The van der Waals surface area contributed by atoms with Crippen LogP contribution in [0.5, 0.6) is 5.75 Å². The van der Waals surface area contributed by atoms with Gasteiger partial charge in [0.15, 0.2) is 5.16 Å². The Labute approximate surface area is 127 Å². The second-order valence-electron chi connectivity index (χ2n) is 4.76. The average molecular weight is 308 g/mol. The highest BCUT2D eigenvalue weighted by Gasteiger charge is 2.23. The van der Waals surface area contributed by atoms with Crippen LogP contribution in [0.1, 0.15) is 24.2 Å². The fourth-order valence-corrected chi connectivity index (χ4v) is 3.20. The molecule has 2 unspecified atom stereocenters. The lowest BCUT2D eigenvalue weighted by Crippen LogP contribution is -2.26. The molecular formula is C14H20N4O2S. The number of aromatic nitrogens is 3. The highest BCUT2D eigenvalue weighted by Crippen LogP contribution is 2.37. The van der Waals surface area contributed by atoms with Gasteiger partial charge in [0.05, 0.1) is 12.4 Å². The molecule has 0 saturated heterocycles. The second kappa shape index (κ2) is 6.82. The molecule has 3 N–H and O–H groups in total. The number of hydrogen-bond acceptors (Lipinski definition) is 5. The minimum atomic E-state index is -0.230. The van der Waals surface area contributed by atoms with Crippen molar-refractivity contribution in [1.82, 2.24) is 14.8 Å². The van der Waals surface area contributed by atoms with E-state index < -0.39 is 0 Å². The summed E-state index contributed by atoms with van der Waals surface area (Å²) in [7, 11) is 3.33. The summed E-state index contributed by atoms with van der Waals surface area (Å²) < 4.78 is 6.76. The van der Waals surface area contributed by atoms with Crippen LogP contribution in [0.3, 0.4) is 0 Å². The van der Waals surface area contributed by atoms with Gasteiger partial charge >= 0.3 is 5.69 Å². The Morgan fingerprint density at radius 3 is 2.86 bits per heavy atom. The smallest absolute Gasteiger partial charge is 0.343 e. The van der Waals surface area contributed by atoms with Gasteiger partial charge in [-0.1, -0.05) is 30.8 Å². The quantitative estimate of drug-likeness (QED) is 0.793. The van der Waals surface area contributed by atoms with Crippen molar-refractivity contribution in [3.05, 3.63) is 40.3 Å². The van der Waals surface area contributed by atoms with E-state index in [0.29, 0.717) is 5.16 Å². The fourth-order valence-electron chi connectivity index (χ4n) is 1.99. The molecule has 1 heterocycles. The van der Waals surface area contributed by atoms with Gasteiger partial charge in [-0.05, 0) is 24.1 Å². The predicted molar refractivity (Wildman–Crippen MR) is 83.7 cm³/mol. The van der Waals surface area contributed by atoms with Gasteiger partial charge in [0.2, 0.25) is 0 Å². The standard InChI is InChI=1S/C14H20N4O2S/c1-4-11(15)12(9-6-5-7-10(8-9)20-3)21-14-17-16-13(19)18(14)2/h5-8,11-12H,4,15H2,1-3H3,(H,16,19). The van der Waals surface area contributed by atoms with Crippen LogP contribution in [-0.2, 0) is 7.05 Å². The van der Waals surface area contributed by atoms with Crippen LogP contribution in [-0.4, -0.2) is 27.9 Å². The van der Waals surface area contributed by atoms with Crippen molar-refractivity contribution in [2.75, 3.05) is 7.11 Å². The average Bonchev–Trinajstić information content (AvgIpc) is 2.83. The highest BCUT2D eigenvalue weighted by atomic mass is 32.2. The number of nitrogens with zero attached hydrogens (tertiary/aromatic N) is 2. The molecule has 0 radical (unpaired) electrons. The first-order valence-electron chi connectivity index (χ1n) is 6.74. The first kappa shape index (κ1) is 15.7. The third-order valence-electron chi connectivity index (χ3n) is 3.35. The predicted octanol–water partition coefficient (Wildman–Crippen LogP) is 1.69. The summed E-state index contributed by atoms with van der Waals surface area (Å²) in [6.45, 7) is 2.04. The lowest BCUT2D eigenvalue weighted by atomic mass is 10.0. The molecule has 0 aliphatic carbocycles. The van der Waals surface area contributed by atoms with Crippen molar-refractivity contribution in [3.8, 4) is 5.75 Å². The molecule has 1 aromatic carbocycles. The zero-order valence-electron chi connectivity index (χ0n) is 12.4. The molecule has 1 aromatic heterocycles. The zero-order chi connectivity index (χ0) is 15.4. The number of benzene rings is 1. The minimum absolute atomic E-state index is 0.000926. The largest absolute Gasteiger partial charge is 0.497 e. The van der Waals surface area contributed by atoms with Gasteiger partial charge in [-0.15, -0.1) is 5.10 Å². The maximum Gasteiger partial charge on any atom is 0.343 e. The molecule has 7 heteroatoms. The lowest BCUT2D eigenvalue weighted by Gasteiger charge is -2.22. The van der Waals surface area contributed by atoms with E-state index in [4.69, 9.17) is 10.5 Å². The van der Waals surface area contributed by atoms with Gasteiger partial charge in [-0.25, -0.2) is 9.89 Å². The van der Waals surface area contributed by atoms with Crippen molar-refractivity contribution in [2.45, 2.75) is 29.8 Å². The van der Waals surface area contributed by atoms with E-state index in [9.17, 15) is 4.79 Å². The molecule has 0 fully saturated rings. The maximum atomic E-state index is 11.5. The Hall–Kier alpha value is -1.73. The van der Waals surface area contributed by atoms with E-state index in [1.54, 1.807) is 14.2 Å². The number of thioether (sulfide) groups is 1. The van der Waals surface area contributed by atoms with Crippen LogP contribution >= 0.6 is 11.8 Å². The molecule has 0 aliphatic rings. The molecule has 0 amide bonds. The van der Waals surface area contributed by atoms with Crippen LogP contribution in [0.4, 0.5) is 0 Å².